The van der Waals surface area contributed by atoms with Gasteiger partial charge in [-0.1, -0.05) is 92.7 Å². The largest absolute Gasteiger partial charge is 0.508 e. The van der Waals surface area contributed by atoms with Crippen molar-refractivity contribution in [3.63, 3.8) is 0 Å². The van der Waals surface area contributed by atoms with E-state index in [0.29, 0.717) is 50.5 Å². The van der Waals surface area contributed by atoms with E-state index >= 15 is 9.59 Å². The van der Waals surface area contributed by atoms with E-state index in [9.17, 15) is 53.4 Å². The van der Waals surface area contributed by atoms with Crippen LogP contribution in [0.5, 0.6) is 5.75 Å². The molecule has 2 fully saturated rings. The van der Waals surface area contributed by atoms with Crippen LogP contribution in [0.25, 0.3) is 21.8 Å². The van der Waals surface area contributed by atoms with E-state index in [0.717, 1.165) is 0 Å². The fourth-order valence-corrected chi connectivity index (χ4v) is 11.8. The number of fused-ring (bicyclic) bond motifs is 2. The Morgan fingerprint density at radius 2 is 1.07 bits per heavy atom. The molecule has 11 amide bonds. The zero-order chi connectivity index (χ0) is 69.0. The first-order chi connectivity index (χ1) is 46.0. The number of aromatic hydroxyl groups is 1. The fraction of sp³-hybridized carbons (Fsp3) is 0.403. The van der Waals surface area contributed by atoms with Crippen molar-refractivity contribution in [3.05, 3.63) is 138 Å². The van der Waals surface area contributed by atoms with Crippen LogP contribution in [0.4, 0.5) is 0 Å². The number of aliphatic hydroxyl groups is 1. The number of aliphatic hydroxyl groups excluding tert-OH is 1. The van der Waals surface area contributed by atoms with Crippen LogP contribution < -0.4 is 65.1 Å². The van der Waals surface area contributed by atoms with Crippen molar-refractivity contribution in [3.8, 4) is 5.75 Å². The number of aromatic nitrogens is 2. The third-order valence-corrected chi connectivity index (χ3v) is 16.7. The molecule has 4 aromatic carbocycles. The minimum absolute atomic E-state index is 0.00716. The molecule has 2 aromatic heterocycles. The molecule has 6 aromatic rings. The highest BCUT2D eigenvalue weighted by Gasteiger charge is 2.40. The van der Waals surface area contributed by atoms with Gasteiger partial charge in [0.2, 0.25) is 65.0 Å². The average Bonchev–Trinajstić information content (AvgIpc) is 1.66. The Hall–Kier alpha value is -10.8. The molecule has 2 aliphatic heterocycles. The van der Waals surface area contributed by atoms with Gasteiger partial charge >= 0.3 is 0 Å². The summed E-state index contributed by atoms with van der Waals surface area (Å²) in [6.45, 7) is 2.34. The molecule has 29 nitrogen and oxygen atoms in total. The van der Waals surface area contributed by atoms with E-state index in [4.69, 9.17) is 17.2 Å². The minimum atomic E-state index is -1.79. The number of rotatable bonds is 33. The summed E-state index contributed by atoms with van der Waals surface area (Å²) in [6, 6.07) is 16.8. The van der Waals surface area contributed by atoms with Crippen LogP contribution in [0.15, 0.2) is 121 Å². The molecule has 0 aliphatic carbocycles. The smallest absolute Gasteiger partial charge is 0.245 e. The molecule has 0 radical (unpaired) electrons. The second kappa shape index (κ2) is 33.8. The molecular weight excluding hydrogens is 1240 g/mol. The minimum Gasteiger partial charge on any atom is -0.508 e. The maximum Gasteiger partial charge on any atom is 0.245 e. The quantitative estimate of drug-likeness (QED) is 0.0133. The lowest BCUT2D eigenvalue weighted by Gasteiger charge is -2.30. The van der Waals surface area contributed by atoms with Crippen molar-refractivity contribution >= 4 is 92.7 Å². The van der Waals surface area contributed by atoms with Gasteiger partial charge in [0.1, 0.15) is 60.1 Å². The predicted octanol–water partition coefficient (Wildman–Crippen LogP) is -1.02. The summed E-state index contributed by atoms with van der Waals surface area (Å²) < 4.78 is 0. The number of para-hydroxylation sites is 2. The van der Waals surface area contributed by atoms with Crippen molar-refractivity contribution in [1.29, 1.82) is 0 Å². The number of carbonyl (C=O) groups is 11. The number of H-pyrrole nitrogens is 2. The van der Waals surface area contributed by atoms with Crippen molar-refractivity contribution in [2.75, 3.05) is 26.2 Å². The first-order valence-electron chi connectivity index (χ1n) is 31.9. The molecule has 0 saturated carbocycles. The first-order valence-corrected chi connectivity index (χ1v) is 31.9. The van der Waals surface area contributed by atoms with Crippen molar-refractivity contribution < 1.29 is 63.0 Å². The van der Waals surface area contributed by atoms with Gasteiger partial charge in [-0.15, -0.1) is 0 Å². The molecule has 8 rings (SSSR count). The standard InChI is InChI=1S/C67H84N16O13/c1-37(2)28-49(59(89)76-48(18-10-26-71-67(69)70)66(96)83-27-11-19-55(83)65(95)74-35-56(68)86)77-62(92)52(31-40-33-72-45-16-8-6-14-43(40)45)80-61(91)51(30-39-20-22-42(85)23-21-39)79-64(94)54(36-84)82-63(93)53(32-41-34-73-46-17-9-7-15-44(41)46)81-60(90)50(29-38-12-4-3-5-13-38)78-58(88)47-24-25-57(87)75-47/h3-9,12-17,20-23,33-34,37,47-55,72-73,84-85H,10-11,18-19,24-32,35-36H2,1-2H3,(H2,68,86)(H,74,95)(H,75,87)(H,76,89)(H,77,92)(H,78,88)(H,79,94)(H,80,91)(H,81,90)(H,82,93)(H4,69,70,71). The molecule has 29 heteroatoms. The normalized spacial score (nSPS) is 16.5. The maximum atomic E-state index is 15.1. The van der Waals surface area contributed by atoms with Gasteiger partial charge in [0, 0.05) is 79.4 Å². The SMILES string of the molecule is CC(C)CC(NC(=O)C(Cc1c[nH]c2ccccc12)NC(=O)C(Cc1ccc(O)cc1)NC(=O)C(CO)NC(=O)C(Cc1c[nH]c2ccccc12)NC(=O)C(Cc1ccccc1)NC(=O)C1CCC(=O)N1)C(=O)NC(CCCN=C(N)N)C(=O)N1CCCC1C(=O)NCC(N)=O. The summed E-state index contributed by atoms with van der Waals surface area (Å²) in [7, 11) is 0. The molecule has 0 bridgehead atoms. The van der Waals surface area contributed by atoms with Gasteiger partial charge in [0.05, 0.1) is 13.2 Å². The average molecular weight is 1320 g/mol. The molecule has 9 unspecified atom stereocenters. The molecule has 19 N–H and O–H groups in total. The zero-order valence-electron chi connectivity index (χ0n) is 53.4. The van der Waals surface area contributed by atoms with Gasteiger partial charge in [-0.25, -0.2) is 0 Å². The summed E-state index contributed by atoms with van der Waals surface area (Å²) in [5.74, 6) is -8.91. The lowest BCUT2D eigenvalue weighted by Crippen LogP contribution is -2.61. The van der Waals surface area contributed by atoms with Gasteiger partial charge in [0.25, 0.3) is 0 Å². The number of nitrogens with two attached hydrogens (primary N) is 3. The fourth-order valence-electron chi connectivity index (χ4n) is 11.8. The third-order valence-electron chi connectivity index (χ3n) is 16.7. The molecule has 0 spiro atoms. The number of phenolic OH excluding ortho intramolecular Hbond substituents is 1. The molecule has 2 saturated heterocycles. The van der Waals surface area contributed by atoms with Crippen LogP contribution >= 0.6 is 0 Å². The van der Waals surface area contributed by atoms with E-state index in [1.165, 1.54) is 29.2 Å². The number of guanidine groups is 1. The number of nitrogens with zero attached hydrogens (tertiary/aromatic N) is 2. The number of phenols is 1. The number of hydrogen-bond donors (Lipinski definition) is 16. The topological polar surface area (TPSA) is 462 Å². The van der Waals surface area contributed by atoms with Gasteiger partial charge in [0.15, 0.2) is 5.96 Å². The number of carbonyl (C=O) groups excluding carboxylic acids is 11. The van der Waals surface area contributed by atoms with Gasteiger partial charge in [-0.3, -0.25) is 57.7 Å². The second-order valence-corrected chi connectivity index (χ2v) is 24.4. The van der Waals surface area contributed by atoms with E-state index in [-0.39, 0.29) is 101 Å². The number of benzene rings is 4. The van der Waals surface area contributed by atoms with E-state index in [1.54, 1.807) is 93.0 Å². The highest BCUT2D eigenvalue weighted by Crippen LogP contribution is 2.24. The van der Waals surface area contributed by atoms with Crippen LogP contribution in [0.3, 0.4) is 0 Å². The molecule has 4 heterocycles. The number of nitrogens with one attached hydrogen (secondary N) is 11. The Morgan fingerprint density at radius 1 is 0.583 bits per heavy atom. The van der Waals surface area contributed by atoms with Crippen LogP contribution in [0.1, 0.15) is 81.0 Å². The van der Waals surface area contributed by atoms with E-state index in [2.05, 4.69) is 62.8 Å². The Labute approximate surface area is 553 Å². The molecule has 2 aliphatic rings. The number of aliphatic imine (C=N–C) groups is 1. The van der Waals surface area contributed by atoms with Crippen LogP contribution in [-0.4, -0.2) is 177 Å². The van der Waals surface area contributed by atoms with E-state index < -0.39 is 127 Å². The van der Waals surface area contributed by atoms with Crippen molar-refractivity contribution in [2.45, 2.75) is 139 Å². The van der Waals surface area contributed by atoms with Gasteiger partial charge in [-0.2, -0.15) is 0 Å². The number of primary amides is 1. The Balaban J connectivity index is 1.05. The summed E-state index contributed by atoms with van der Waals surface area (Å²) in [5, 5.41) is 46.7. The predicted molar refractivity (Wildman–Crippen MR) is 354 cm³/mol. The first kappa shape index (κ1) is 71.0. The highest BCUT2D eigenvalue weighted by molar-refractivity contribution is 6.00. The number of aromatic amines is 2. The number of likely N-dealkylation sites (tertiary alicyclic amines) is 1. The Morgan fingerprint density at radius 3 is 1.60 bits per heavy atom. The molecular formula is C67H84N16O13. The Bertz CT molecular complexity index is 3800. The molecule has 96 heavy (non-hydrogen) atoms. The Kier molecular flexibility index (Phi) is 25.0. The van der Waals surface area contributed by atoms with Crippen LogP contribution in [0.2, 0.25) is 0 Å². The van der Waals surface area contributed by atoms with Gasteiger partial charge < -0.3 is 90.1 Å². The maximum absolute atomic E-state index is 15.1. The lowest BCUT2D eigenvalue weighted by molar-refractivity contribution is -0.142. The summed E-state index contributed by atoms with van der Waals surface area (Å²) in [6.07, 6.45) is 3.86. The number of amides is 11. The number of hydrogen-bond acceptors (Lipinski definition) is 14. The zero-order valence-corrected chi connectivity index (χ0v) is 53.4. The van der Waals surface area contributed by atoms with Crippen LogP contribution in [0, 0.1) is 5.92 Å². The monoisotopic (exact) mass is 1320 g/mol. The molecule has 510 valence electrons. The third kappa shape index (κ3) is 19.9. The summed E-state index contributed by atoms with van der Waals surface area (Å²) in [5.41, 5.74) is 20.0. The lowest BCUT2D eigenvalue weighted by atomic mass is 9.99. The summed E-state index contributed by atoms with van der Waals surface area (Å²) in [4.78, 5) is 166. The molecule has 9 atom stereocenters. The van der Waals surface area contributed by atoms with Gasteiger partial charge in [-0.05, 0) is 91.0 Å². The summed E-state index contributed by atoms with van der Waals surface area (Å²) >= 11 is 0. The van der Waals surface area contributed by atoms with E-state index in [1.807, 2.05) is 12.1 Å². The second-order valence-electron chi connectivity index (χ2n) is 24.4. The van der Waals surface area contributed by atoms with Crippen molar-refractivity contribution in [2.24, 2.45) is 28.1 Å². The van der Waals surface area contributed by atoms with Crippen molar-refractivity contribution in [1.82, 2.24) is 62.7 Å². The highest BCUT2D eigenvalue weighted by atomic mass is 16.3. The van der Waals surface area contributed by atoms with Crippen LogP contribution in [-0.2, 0) is 78.4 Å².